The van der Waals surface area contributed by atoms with E-state index in [0.717, 1.165) is 0 Å². The third-order valence-corrected chi connectivity index (χ3v) is 2.51. The molecule has 0 spiro atoms. The fourth-order valence-electron chi connectivity index (χ4n) is 1.24. The van der Waals surface area contributed by atoms with Crippen molar-refractivity contribution >= 4 is 0 Å². The van der Waals surface area contributed by atoms with Crippen LogP contribution in [0.2, 0.25) is 0 Å². The van der Waals surface area contributed by atoms with Crippen molar-refractivity contribution in [2.24, 2.45) is 5.41 Å². The van der Waals surface area contributed by atoms with E-state index in [-0.39, 0.29) is 0 Å². The lowest BCUT2D eigenvalue weighted by Gasteiger charge is -2.17. The first kappa shape index (κ1) is 18.6. The van der Waals surface area contributed by atoms with Gasteiger partial charge in [-0.2, -0.15) is 0 Å². The molecule has 0 aromatic carbocycles. The lowest BCUT2D eigenvalue weighted by molar-refractivity contribution is 0.443. The molecule has 0 fully saturated rings. The van der Waals surface area contributed by atoms with E-state index in [4.69, 9.17) is 0 Å². The first-order valence-corrected chi connectivity index (χ1v) is 6.65. The van der Waals surface area contributed by atoms with Crippen LogP contribution in [0, 0.1) is 5.41 Å². The van der Waals surface area contributed by atoms with Crippen LogP contribution >= 0.6 is 0 Å². The Hall–Kier alpha value is -0.780. The van der Waals surface area contributed by atoms with Crippen molar-refractivity contribution in [3.8, 4) is 0 Å². The minimum absolute atomic E-state index is 0.298. The van der Waals surface area contributed by atoms with Crippen LogP contribution < -0.4 is 0 Å². The molecule has 0 aliphatic rings. The van der Waals surface area contributed by atoms with E-state index in [1.54, 1.807) is 0 Å². The molecule has 0 aliphatic carbocycles. The number of allylic oxidation sites excluding steroid dienone is 5. The average Bonchev–Trinajstić information content (AvgIpc) is 2.17. The highest BCUT2D eigenvalue weighted by molar-refractivity contribution is 4.96. The summed E-state index contributed by atoms with van der Waals surface area (Å²) >= 11 is 0. The minimum Gasteiger partial charge on any atom is -0.103 e. The van der Waals surface area contributed by atoms with Gasteiger partial charge >= 0.3 is 0 Å². The molecule has 0 radical (unpaired) electrons. The monoisotopic (exact) mass is 236 g/mol. The van der Waals surface area contributed by atoms with Crippen LogP contribution in [0.25, 0.3) is 0 Å². The van der Waals surface area contributed by atoms with Gasteiger partial charge in [-0.25, -0.2) is 0 Å². The smallest absolute Gasteiger partial charge is 0.0175 e. The molecule has 0 heterocycles. The van der Waals surface area contributed by atoms with Gasteiger partial charge in [-0.3, -0.25) is 0 Å². The maximum Gasteiger partial charge on any atom is -0.0175 e. The van der Waals surface area contributed by atoms with Gasteiger partial charge in [0, 0.05) is 0 Å². The standard InChI is InChI=1S/C11H20.C6H12/c1-6-11(4,5)9-7-8-10(2)3;1-4-5-6(2)3/h6,8H,1,7,9H2,2-5H3;5H,4H2,1-3H3. The van der Waals surface area contributed by atoms with E-state index < -0.39 is 0 Å². The van der Waals surface area contributed by atoms with Gasteiger partial charge in [-0.15, -0.1) is 6.58 Å². The van der Waals surface area contributed by atoms with E-state index in [9.17, 15) is 0 Å². The summed E-state index contributed by atoms with van der Waals surface area (Å²) in [4.78, 5) is 0. The summed E-state index contributed by atoms with van der Waals surface area (Å²) in [6.07, 6.45) is 10.1. The molecule has 0 aromatic rings. The highest BCUT2D eigenvalue weighted by Crippen LogP contribution is 2.23. The molecule has 0 atom stereocenters. The van der Waals surface area contributed by atoms with Crippen molar-refractivity contribution < 1.29 is 0 Å². The van der Waals surface area contributed by atoms with Gasteiger partial charge in [-0.05, 0) is 52.4 Å². The van der Waals surface area contributed by atoms with Crippen LogP contribution in [0.5, 0.6) is 0 Å². The Kier molecular flexibility index (Phi) is 11.3. The predicted octanol–water partition coefficient (Wildman–Crippen LogP) is 6.31. The molecule has 0 saturated carbocycles. The molecule has 0 bridgehead atoms. The summed E-state index contributed by atoms with van der Waals surface area (Å²) in [5.41, 5.74) is 3.12. The largest absolute Gasteiger partial charge is 0.103 e. The van der Waals surface area contributed by atoms with Crippen LogP contribution in [0.15, 0.2) is 36.0 Å². The Labute approximate surface area is 110 Å². The highest BCUT2D eigenvalue weighted by Gasteiger charge is 2.10. The van der Waals surface area contributed by atoms with Gasteiger partial charge in [0.05, 0.1) is 0 Å². The van der Waals surface area contributed by atoms with Crippen LogP contribution in [-0.4, -0.2) is 0 Å². The number of hydrogen-bond donors (Lipinski definition) is 0. The molecule has 0 N–H and O–H groups in total. The molecule has 0 unspecified atom stereocenters. The fraction of sp³-hybridized carbons (Fsp3) is 0.647. The van der Waals surface area contributed by atoms with Crippen molar-refractivity contribution in [3.63, 3.8) is 0 Å². The van der Waals surface area contributed by atoms with Crippen molar-refractivity contribution in [2.45, 2.75) is 67.7 Å². The Morgan fingerprint density at radius 2 is 1.47 bits per heavy atom. The molecule has 0 nitrogen and oxygen atoms in total. The van der Waals surface area contributed by atoms with Gasteiger partial charge in [0.2, 0.25) is 0 Å². The molecular formula is C17H32. The number of hydrogen-bond acceptors (Lipinski definition) is 0. The van der Waals surface area contributed by atoms with Crippen molar-refractivity contribution in [2.75, 3.05) is 0 Å². The lowest BCUT2D eigenvalue weighted by Crippen LogP contribution is -2.05. The molecule has 0 aliphatic heterocycles. The van der Waals surface area contributed by atoms with E-state index in [1.807, 2.05) is 6.08 Å². The predicted molar refractivity (Wildman–Crippen MR) is 82.4 cm³/mol. The Bertz CT molecular complexity index is 243. The molecule has 0 saturated heterocycles. The summed E-state index contributed by atoms with van der Waals surface area (Å²) in [6, 6.07) is 0. The highest BCUT2D eigenvalue weighted by atomic mass is 14.1. The van der Waals surface area contributed by atoms with Crippen LogP contribution in [0.4, 0.5) is 0 Å². The van der Waals surface area contributed by atoms with E-state index >= 15 is 0 Å². The van der Waals surface area contributed by atoms with Crippen LogP contribution in [0.1, 0.15) is 67.7 Å². The van der Waals surface area contributed by atoms with Gasteiger partial charge in [-0.1, -0.05) is 50.1 Å². The average molecular weight is 236 g/mol. The first-order valence-electron chi connectivity index (χ1n) is 6.65. The zero-order chi connectivity index (χ0) is 13.9. The van der Waals surface area contributed by atoms with Crippen LogP contribution in [0.3, 0.4) is 0 Å². The summed E-state index contributed by atoms with van der Waals surface area (Å²) in [6.45, 7) is 18.9. The van der Waals surface area contributed by atoms with Gasteiger partial charge in [0.15, 0.2) is 0 Å². The minimum atomic E-state index is 0.298. The molecule has 0 amide bonds. The van der Waals surface area contributed by atoms with Crippen molar-refractivity contribution in [1.29, 1.82) is 0 Å². The van der Waals surface area contributed by atoms with E-state index in [0.29, 0.717) is 5.41 Å². The third kappa shape index (κ3) is 17.8. The number of rotatable bonds is 5. The maximum absolute atomic E-state index is 3.81. The SMILES string of the molecule is C=CC(C)(C)CCC=C(C)C.CCC=C(C)C. The molecule has 0 aromatic heterocycles. The summed E-state index contributed by atoms with van der Waals surface area (Å²) in [5, 5.41) is 0. The molecule has 0 heteroatoms. The van der Waals surface area contributed by atoms with Crippen LogP contribution in [-0.2, 0) is 0 Å². The maximum atomic E-state index is 3.81. The lowest BCUT2D eigenvalue weighted by atomic mass is 9.88. The first-order chi connectivity index (χ1) is 7.75. The van der Waals surface area contributed by atoms with Gasteiger partial charge in [0.25, 0.3) is 0 Å². The fourth-order valence-corrected chi connectivity index (χ4v) is 1.24. The zero-order valence-electron chi connectivity index (χ0n) is 13.1. The quantitative estimate of drug-likeness (QED) is 0.491. The topological polar surface area (TPSA) is 0 Å². The summed E-state index contributed by atoms with van der Waals surface area (Å²) in [7, 11) is 0. The van der Waals surface area contributed by atoms with Gasteiger partial charge in [0.1, 0.15) is 0 Å². The second-order valence-electron chi connectivity index (χ2n) is 5.70. The summed E-state index contributed by atoms with van der Waals surface area (Å²) < 4.78 is 0. The molecule has 0 rings (SSSR count). The Morgan fingerprint density at radius 3 is 1.71 bits per heavy atom. The molecule has 17 heavy (non-hydrogen) atoms. The second-order valence-corrected chi connectivity index (χ2v) is 5.70. The van der Waals surface area contributed by atoms with Crippen molar-refractivity contribution in [3.05, 3.63) is 36.0 Å². The van der Waals surface area contributed by atoms with Crippen molar-refractivity contribution in [1.82, 2.24) is 0 Å². The van der Waals surface area contributed by atoms with E-state index in [2.05, 4.69) is 67.2 Å². The molecule has 100 valence electrons. The van der Waals surface area contributed by atoms with E-state index in [1.165, 1.54) is 30.4 Å². The summed E-state index contributed by atoms with van der Waals surface area (Å²) in [5.74, 6) is 0. The Balaban J connectivity index is 0. The normalized spacial score (nSPS) is 9.82. The second kappa shape index (κ2) is 10.4. The third-order valence-electron chi connectivity index (χ3n) is 2.51. The zero-order valence-corrected chi connectivity index (χ0v) is 13.1. The molecular weight excluding hydrogens is 204 g/mol. The van der Waals surface area contributed by atoms with Gasteiger partial charge < -0.3 is 0 Å². The Morgan fingerprint density at radius 1 is 1.00 bits per heavy atom.